The van der Waals surface area contributed by atoms with Crippen LogP contribution in [0.25, 0.3) is 0 Å². The van der Waals surface area contributed by atoms with Crippen molar-refractivity contribution in [2.75, 3.05) is 20.3 Å². The topological polar surface area (TPSA) is 181 Å². The van der Waals surface area contributed by atoms with Crippen LogP contribution in [0.15, 0.2) is 36.1 Å². The molecule has 0 radical (unpaired) electrons. The molecule has 3 rings (SSSR count). The fourth-order valence-corrected chi connectivity index (χ4v) is 4.43. The molecule has 1 saturated heterocycles. The van der Waals surface area contributed by atoms with Crippen molar-refractivity contribution in [3.8, 4) is 5.75 Å². The molecule has 12 nitrogen and oxygen atoms in total. The minimum Gasteiger partial charge on any atom is -0.508 e. The van der Waals surface area contributed by atoms with Crippen LogP contribution < -0.4 is 0 Å². The molecule has 206 valence electrons. The molecule has 5 N–H and O–H groups in total. The van der Waals surface area contributed by atoms with Gasteiger partial charge >= 0.3 is 11.9 Å². The van der Waals surface area contributed by atoms with E-state index in [0.717, 1.165) is 11.8 Å². The second kappa shape index (κ2) is 13.2. The Morgan fingerprint density at radius 3 is 2.35 bits per heavy atom. The lowest BCUT2D eigenvalue weighted by Crippen LogP contribution is -2.60. The largest absolute Gasteiger partial charge is 0.508 e. The van der Waals surface area contributed by atoms with E-state index < -0.39 is 67.4 Å². The van der Waals surface area contributed by atoms with E-state index >= 15 is 0 Å². The Morgan fingerprint density at radius 1 is 1.03 bits per heavy atom. The van der Waals surface area contributed by atoms with Gasteiger partial charge in [-0.3, -0.25) is 4.79 Å². The molecule has 0 aromatic heterocycles. The molecule has 12 heteroatoms. The van der Waals surface area contributed by atoms with Gasteiger partial charge in [0, 0.05) is 18.3 Å². The lowest BCUT2D eigenvalue weighted by Gasteiger charge is -2.43. The average molecular weight is 527 g/mol. The van der Waals surface area contributed by atoms with Gasteiger partial charge in [0.15, 0.2) is 6.29 Å². The summed E-state index contributed by atoms with van der Waals surface area (Å²) in [5.41, 5.74) is 0.977. The summed E-state index contributed by atoms with van der Waals surface area (Å²) >= 11 is 0. The predicted octanol–water partition coefficient (Wildman–Crippen LogP) is -0.260. The summed E-state index contributed by atoms with van der Waals surface area (Å²) in [6.45, 7) is 1.26. The van der Waals surface area contributed by atoms with Crippen LogP contribution in [0.3, 0.4) is 0 Å². The predicted molar refractivity (Wildman–Crippen MR) is 124 cm³/mol. The van der Waals surface area contributed by atoms with Gasteiger partial charge in [-0.25, -0.2) is 4.79 Å². The molecule has 0 amide bonds. The highest BCUT2D eigenvalue weighted by molar-refractivity contribution is 5.89. The van der Waals surface area contributed by atoms with Gasteiger partial charge in [0.25, 0.3) is 0 Å². The van der Waals surface area contributed by atoms with Crippen LogP contribution >= 0.6 is 0 Å². The van der Waals surface area contributed by atoms with E-state index in [2.05, 4.69) is 0 Å². The monoisotopic (exact) mass is 526 g/mol. The van der Waals surface area contributed by atoms with E-state index in [1.165, 1.54) is 19.2 Å². The van der Waals surface area contributed by atoms with Crippen molar-refractivity contribution < 1.29 is 58.8 Å². The zero-order valence-corrected chi connectivity index (χ0v) is 20.6. The van der Waals surface area contributed by atoms with Crippen molar-refractivity contribution in [3.05, 3.63) is 41.7 Å². The first kappa shape index (κ1) is 28.8. The van der Waals surface area contributed by atoms with Gasteiger partial charge in [-0.05, 0) is 24.1 Å². The maximum Gasteiger partial charge on any atom is 0.337 e. The van der Waals surface area contributed by atoms with Crippen molar-refractivity contribution in [2.45, 2.75) is 63.2 Å². The number of rotatable bonds is 10. The molecule has 8 atom stereocenters. The summed E-state index contributed by atoms with van der Waals surface area (Å²) in [5, 5.41) is 49.2. The van der Waals surface area contributed by atoms with Gasteiger partial charge in [0.2, 0.25) is 6.29 Å². The van der Waals surface area contributed by atoms with Crippen molar-refractivity contribution in [1.29, 1.82) is 0 Å². The van der Waals surface area contributed by atoms with E-state index in [-0.39, 0.29) is 24.4 Å². The molecule has 0 aliphatic carbocycles. The number of methoxy groups -OCH3 is 1. The third-order valence-corrected chi connectivity index (χ3v) is 6.58. The number of phenols is 1. The number of aliphatic hydroxyl groups excluding tert-OH is 4. The highest BCUT2D eigenvalue weighted by Crippen LogP contribution is 2.38. The number of carbonyl (C=O) groups is 2. The molecular weight excluding hydrogens is 492 g/mol. The summed E-state index contributed by atoms with van der Waals surface area (Å²) in [6.07, 6.45) is -6.82. The van der Waals surface area contributed by atoms with Gasteiger partial charge < -0.3 is 49.2 Å². The lowest BCUT2D eigenvalue weighted by molar-refractivity contribution is -0.341. The van der Waals surface area contributed by atoms with E-state index in [4.69, 9.17) is 23.7 Å². The second-order valence-electron chi connectivity index (χ2n) is 8.92. The number of hydrogen-bond acceptors (Lipinski definition) is 12. The van der Waals surface area contributed by atoms with Crippen molar-refractivity contribution in [1.82, 2.24) is 0 Å². The Labute approximate surface area is 214 Å². The van der Waals surface area contributed by atoms with Gasteiger partial charge in [-0.1, -0.05) is 19.1 Å². The summed E-state index contributed by atoms with van der Waals surface area (Å²) < 4.78 is 27.0. The van der Waals surface area contributed by atoms with Crippen molar-refractivity contribution >= 4 is 11.9 Å². The van der Waals surface area contributed by atoms with Crippen LogP contribution in [0.2, 0.25) is 0 Å². The summed E-state index contributed by atoms with van der Waals surface area (Å²) in [7, 11) is 1.20. The first-order valence-electron chi connectivity index (χ1n) is 12.0. The van der Waals surface area contributed by atoms with Crippen LogP contribution in [-0.2, 0) is 39.7 Å². The molecule has 0 bridgehead atoms. The van der Waals surface area contributed by atoms with Gasteiger partial charge in [0.1, 0.15) is 30.2 Å². The number of aliphatic hydroxyl groups is 4. The van der Waals surface area contributed by atoms with E-state index in [0.29, 0.717) is 12.8 Å². The van der Waals surface area contributed by atoms with E-state index in [9.17, 15) is 35.1 Å². The normalized spacial score (nSPS) is 31.7. The van der Waals surface area contributed by atoms with Gasteiger partial charge in [-0.15, -0.1) is 0 Å². The average Bonchev–Trinajstić information content (AvgIpc) is 2.89. The lowest BCUT2D eigenvalue weighted by atomic mass is 9.80. The molecule has 2 aliphatic heterocycles. The Balaban J connectivity index is 1.69. The Hall–Kier alpha value is -2.74. The number of carbonyl (C=O) groups excluding carboxylic acids is 2. The molecule has 1 fully saturated rings. The summed E-state index contributed by atoms with van der Waals surface area (Å²) in [5.74, 6) is -2.43. The van der Waals surface area contributed by atoms with E-state index in [1.807, 2.05) is 0 Å². The molecule has 2 unspecified atom stereocenters. The molecule has 37 heavy (non-hydrogen) atoms. The van der Waals surface area contributed by atoms with Gasteiger partial charge in [0.05, 0.1) is 38.6 Å². The zero-order chi connectivity index (χ0) is 27.1. The van der Waals surface area contributed by atoms with E-state index in [1.54, 1.807) is 19.1 Å². The number of benzene rings is 1. The van der Waals surface area contributed by atoms with Crippen LogP contribution in [0.1, 0.15) is 25.3 Å². The highest BCUT2D eigenvalue weighted by Gasteiger charge is 2.48. The fourth-order valence-electron chi connectivity index (χ4n) is 4.43. The number of ether oxygens (including phenoxy) is 5. The number of phenolic OH excluding ortho intramolecular Hbond substituents is 1. The van der Waals surface area contributed by atoms with Crippen molar-refractivity contribution in [3.63, 3.8) is 0 Å². The first-order valence-corrected chi connectivity index (χ1v) is 12.0. The molecule has 0 spiro atoms. The molecule has 1 aromatic rings. The maximum absolute atomic E-state index is 12.7. The maximum atomic E-state index is 12.7. The second-order valence-corrected chi connectivity index (χ2v) is 8.92. The Bertz CT molecular complexity index is 930. The minimum atomic E-state index is -1.65. The summed E-state index contributed by atoms with van der Waals surface area (Å²) in [6, 6.07) is 6.50. The van der Waals surface area contributed by atoms with Crippen LogP contribution in [0.4, 0.5) is 0 Å². The summed E-state index contributed by atoms with van der Waals surface area (Å²) in [4.78, 5) is 25.1. The molecular formula is C25H34O12. The standard InChI is InChI=1S/C25H34O12/c1-3-15-16(10-19(28)34-9-8-13-4-6-14(27)7-5-13)17(23(32)33-2)12-35-24(15)37-25-22(31)21(30)20(29)18(11-26)36-25/h4-7,12,15-16,18,20-22,24-27,29-31H,3,8-11H2,1-2H3/t15?,16?,18-,20-,21+,22-,24+,25+/m1/s1. The fraction of sp³-hybridized carbons (Fsp3) is 0.600. The van der Waals surface area contributed by atoms with Crippen LogP contribution in [-0.4, -0.2) is 94.8 Å². The highest BCUT2D eigenvalue weighted by atomic mass is 16.8. The number of aromatic hydroxyl groups is 1. The van der Waals surface area contributed by atoms with Crippen LogP contribution in [0, 0.1) is 11.8 Å². The first-order chi connectivity index (χ1) is 17.7. The number of hydrogen-bond donors (Lipinski definition) is 5. The Morgan fingerprint density at radius 2 is 1.73 bits per heavy atom. The smallest absolute Gasteiger partial charge is 0.337 e. The SMILES string of the molecule is CCC1C(CC(=O)OCCc2ccc(O)cc2)C(C(=O)OC)=CO[C@H]1O[C@@H]1O[C@H](CO)[C@@H](O)[C@H](O)[C@H]1O. The molecule has 2 aliphatic rings. The molecule has 0 saturated carbocycles. The number of esters is 2. The zero-order valence-electron chi connectivity index (χ0n) is 20.6. The Kier molecular flexibility index (Phi) is 10.3. The minimum absolute atomic E-state index is 0.0890. The van der Waals surface area contributed by atoms with Crippen LogP contribution in [0.5, 0.6) is 5.75 Å². The van der Waals surface area contributed by atoms with Crippen molar-refractivity contribution in [2.24, 2.45) is 11.8 Å². The van der Waals surface area contributed by atoms with Gasteiger partial charge in [-0.2, -0.15) is 0 Å². The quantitative estimate of drug-likeness (QED) is 0.252. The molecule has 2 heterocycles. The third kappa shape index (κ3) is 6.98. The molecule has 1 aromatic carbocycles. The third-order valence-electron chi connectivity index (χ3n) is 6.58.